The molecule has 1 N–H and O–H groups in total. The number of hydrogen-bond donors (Lipinski definition) is 1. The highest BCUT2D eigenvalue weighted by Crippen LogP contribution is 2.34. The van der Waals surface area contributed by atoms with Gasteiger partial charge in [-0.05, 0) is 19.9 Å². The van der Waals surface area contributed by atoms with Crippen LogP contribution < -0.4 is 0 Å². The van der Waals surface area contributed by atoms with Crippen LogP contribution in [0.1, 0.15) is 31.4 Å². The van der Waals surface area contributed by atoms with E-state index < -0.39 is 5.92 Å². The Morgan fingerprint density at radius 2 is 2.19 bits per heavy atom. The van der Waals surface area contributed by atoms with Crippen LogP contribution in [0.15, 0.2) is 12.5 Å². The fourth-order valence-corrected chi connectivity index (χ4v) is 2.23. The minimum Gasteiger partial charge on any atom is -0.347 e. The SMILES string of the molecule is CN(Cc1cnc[nH]1)C1CCC(F)(F)CC1. The summed E-state index contributed by atoms with van der Waals surface area (Å²) in [6.07, 6.45) is 4.61. The number of H-pyrrole nitrogens is 1. The molecule has 90 valence electrons. The van der Waals surface area contributed by atoms with Crippen molar-refractivity contribution in [1.29, 1.82) is 0 Å². The standard InChI is InChI=1S/C11H17F2N3/c1-16(7-9-6-14-8-15-9)10-2-4-11(12,13)5-3-10/h6,8,10H,2-5,7H2,1H3,(H,14,15). The van der Waals surface area contributed by atoms with Crippen molar-refractivity contribution < 1.29 is 8.78 Å². The summed E-state index contributed by atoms with van der Waals surface area (Å²) in [4.78, 5) is 9.09. The number of nitrogens with one attached hydrogen (secondary N) is 1. The highest BCUT2D eigenvalue weighted by atomic mass is 19.3. The predicted molar refractivity (Wildman–Crippen MR) is 57.3 cm³/mol. The van der Waals surface area contributed by atoms with Gasteiger partial charge in [0.05, 0.1) is 6.33 Å². The highest BCUT2D eigenvalue weighted by molar-refractivity contribution is 4.95. The molecule has 0 saturated heterocycles. The molecule has 2 rings (SSSR count). The maximum atomic E-state index is 13.0. The Bertz CT molecular complexity index is 314. The first-order chi connectivity index (χ1) is 7.57. The van der Waals surface area contributed by atoms with Gasteiger partial charge in [-0.2, -0.15) is 0 Å². The van der Waals surface area contributed by atoms with Crippen molar-refractivity contribution in [3.05, 3.63) is 18.2 Å². The van der Waals surface area contributed by atoms with Gasteiger partial charge < -0.3 is 4.98 Å². The molecule has 1 aromatic heterocycles. The second kappa shape index (κ2) is 4.49. The average Bonchev–Trinajstić information content (AvgIpc) is 2.70. The van der Waals surface area contributed by atoms with Crippen LogP contribution in [0.2, 0.25) is 0 Å². The number of rotatable bonds is 3. The quantitative estimate of drug-likeness (QED) is 0.863. The Morgan fingerprint density at radius 1 is 1.50 bits per heavy atom. The van der Waals surface area contributed by atoms with Crippen LogP contribution in [0.5, 0.6) is 0 Å². The number of aromatic amines is 1. The number of halogens is 2. The molecule has 0 amide bonds. The molecule has 0 bridgehead atoms. The third-order valence-corrected chi connectivity index (χ3v) is 3.28. The average molecular weight is 229 g/mol. The predicted octanol–water partition coefficient (Wildman–Crippen LogP) is 2.42. The van der Waals surface area contributed by atoms with Crippen LogP contribution in [0.3, 0.4) is 0 Å². The van der Waals surface area contributed by atoms with Crippen LogP contribution in [0.4, 0.5) is 8.78 Å². The van der Waals surface area contributed by atoms with E-state index in [0.717, 1.165) is 12.2 Å². The van der Waals surface area contributed by atoms with Crippen molar-refractivity contribution in [2.45, 2.75) is 44.2 Å². The smallest absolute Gasteiger partial charge is 0.248 e. The summed E-state index contributed by atoms with van der Waals surface area (Å²) < 4.78 is 26.0. The van der Waals surface area contributed by atoms with Crippen molar-refractivity contribution in [3.8, 4) is 0 Å². The summed E-state index contributed by atoms with van der Waals surface area (Å²) >= 11 is 0. The van der Waals surface area contributed by atoms with Crippen molar-refractivity contribution in [2.24, 2.45) is 0 Å². The largest absolute Gasteiger partial charge is 0.347 e. The number of alkyl halides is 2. The van der Waals surface area contributed by atoms with Gasteiger partial charge in [0.2, 0.25) is 5.92 Å². The molecule has 1 aliphatic rings. The zero-order chi connectivity index (χ0) is 11.6. The van der Waals surface area contributed by atoms with Crippen LogP contribution in [-0.2, 0) is 6.54 Å². The van der Waals surface area contributed by atoms with E-state index in [2.05, 4.69) is 14.9 Å². The molecule has 1 fully saturated rings. The molecule has 5 heteroatoms. The minimum absolute atomic E-state index is 0.0188. The van der Waals surface area contributed by atoms with Crippen molar-refractivity contribution >= 4 is 0 Å². The molecule has 0 spiro atoms. The fraction of sp³-hybridized carbons (Fsp3) is 0.727. The number of hydrogen-bond acceptors (Lipinski definition) is 2. The summed E-state index contributed by atoms with van der Waals surface area (Å²) in [5, 5.41) is 0. The molecular weight excluding hydrogens is 212 g/mol. The van der Waals surface area contributed by atoms with E-state index in [1.54, 1.807) is 12.5 Å². The van der Waals surface area contributed by atoms with Gasteiger partial charge in [-0.25, -0.2) is 13.8 Å². The van der Waals surface area contributed by atoms with Crippen LogP contribution in [-0.4, -0.2) is 33.9 Å². The van der Waals surface area contributed by atoms with Gasteiger partial charge in [0, 0.05) is 37.3 Å². The van der Waals surface area contributed by atoms with Gasteiger partial charge in [-0.1, -0.05) is 0 Å². The van der Waals surface area contributed by atoms with Crippen LogP contribution in [0.25, 0.3) is 0 Å². The molecule has 1 heterocycles. The van der Waals surface area contributed by atoms with Crippen LogP contribution in [0, 0.1) is 0 Å². The molecule has 1 saturated carbocycles. The lowest BCUT2D eigenvalue weighted by Gasteiger charge is -2.34. The van der Waals surface area contributed by atoms with E-state index >= 15 is 0 Å². The molecule has 0 unspecified atom stereocenters. The van der Waals surface area contributed by atoms with Gasteiger partial charge in [-0.3, -0.25) is 4.90 Å². The number of nitrogens with zero attached hydrogens (tertiary/aromatic N) is 2. The van der Waals surface area contributed by atoms with E-state index in [1.165, 1.54) is 0 Å². The van der Waals surface area contributed by atoms with Gasteiger partial charge in [0.15, 0.2) is 0 Å². The lowest BCUT2D eigenvalue weighted by atomic mass is 9.91. The second-order valence-corrected chi connectivity index (χ2v) is 4.58. The number of aromatic nitrogens is 2. The van der Waals surface area contributed by atoms with E-state index in [4.69, 9.17) is 0 Å². The van der Waals surface area contributed by atoms with Crippen LogP contribution >= 0.6 is 0 Å². The summed E-state index contributed by atoms with van der Waals surface area (Å²) in [6.45, 7) is 0.746. The summed E-state index contributed by atoms with van der Waals surface area (Å²) in [5.74, 6) is -2.44. The summed E-state index contributed by atoms with van der Waals surface area (Å²) in [6, 6.07) is 0.267. The zero-order valence-corrected chi connectivity index (χ0v) is 9.42. The van der Waals surface area contributed by atoms with Gasteiger partial charge in [0.1, 0.15) is 0 Å². The summed E-state index contributed by atoms with van der Waals surface area (Å²) in [5.41, 5.74) is 1.03. The monoisotopic (exact) mass is 229 g/mol. The van der Waals surface area contributed by atoms with Gasteiger partial charge in [0.25, 0.3) is 0 Å². The molecule has 0 atom stereocenters. The molecule has 1 aromatic rings. The first-order valence-electron chi connectivity index (χ1n) is 5.62. The van der Waals surface area contributed by atoms with Crippen molar-refractivity contribution in [2.75, 3.05) is 7.05 Å². The lowest BCUT2D eigenvalue weighted by molar-refractivity contribution is -0.0520. The third kappa shape index (κ3) is 2.78. The fourth-order valence-electron chi connectivity index (χ4n) is 2.23. The third-order valence-electron chi connectivity index (χ3n) is 3.28. The maximum Gasteiger partial charge on any atom is 0.248 e. The van der Waals surface area contributed by atoms with E-state index in [1.807, 2.05) is 7.05 Å². The molecule has 0 aliphatic heterocycles. The lowest BCUT2D eigenvalue weighted by Crippen LogP contribution is -2.38. The van der Waals surface area contributed by atoms with E-state index in [0.29, 0.717) is 12.8 Å². The summed E-state index contributed by atoms with van der Waals surface area (Å²) in [7, 11) is 1.98. The molecule has 0 aromatic carbocycles. The maximum absolute atomic E-state index is 13.0. The Hall–Kier alpha value is -0.970. The Morgan fingerprint density at radius 3 is 2.75 bits per heavy atom. The zero-order valence-electron chi connectivity index (χ0n) is 9.42. The normalized spacial score (nSPS) is 21.5. The Kier molecular flexibility index (Phi) is 3.23. The molecule has 1 aliphatic carbocycles. The van der Waals surface area contributed by atoms with Crippen molar-refractivity contribution in [1.82, 2.24) is 14.9 Å². The Labute approximate surface area is 93.9 Å². The Balaban J connectivity index is 1.85. The molecule has 0 radical (unpaired) electrons. The molecule has 16 heavy (non-hydrogen) atoms. The van der Waals surface area contributed by atoms with Crippen molar-refractivity contribution in [3.63, 3.8) is 0 Å². The first-order valence-corrected chi connectivity index (χ1v) is 5.62. The van der Waals surface area contributed by atoms with Gasteiger partial charge >= 0.3 is 0 Å². The molecule has 3 nitrogen and oxygen atoms in total. The first kappa shape index (κ1) is 11.5. The highest BCUT2D eigenvalue weighted by Gasteiger charge is 2.36. The van der Waals surface area contributed by atoms with Gasteiger partial charge in [-0.15, -0.1) is 0 Å². The topological polar surface area (TPSA) is 31.9 Å². The molecular formula is C11H17F2N3. The minimum atomic E-state index is -2.44. The second-order valence-electron chi connectivity index (χ2n) is 4.58. The number of imidazole rings is 1. The van der Waals surface area contributed by atoms with E-state index in [9.17, 15) is 8.78 Å². The van der Waals surface area contributed by atoms with E-state index in [-0.39, 0.29) is 18.9 Å².